The van der Waals surface area contributed by atoms with Gasteiger partial charge in [0.05, 0.1) is 16.5 Å². The van der Waals surface area contributed by atoms with Crippen LogP contribution in [0.15, 0.2) is 30.5 Å². The van der Waals surface area contributed by atoms with Gasteiger partial charge in [-0.25, -0.2) is 32.5 Å². The van der Waals surface area contributed by atoms with Crippen LogP contribution in [0.5, 0.6) is 0 Å². The van der Waals surface area contributed by atoms with Crippen LogP contribution in [0.4, 0.5) is 29.2 Å². The Morgan fingerprint density at radius 3 is 2.42 bits per heavy atom. The van der Waals surface area contributed by atoms with Gasteiger partial charge in [0.25, 0.3) is 0 Å². The molecule has 0 bridgehead atoms. The van der Waals surface area contributed by atoms with Crippen LogP contribution in [0, 0.1) is 23.3 Å². The van der Waals surface area contributed by atoms with Crippen molar-refractivity contribution < 1.29 is 22.4 Å². The van der Waals surface area contributed by atoms with Gasteiger partial charge in [0, 0.05) is 30.3 Å². The van der Waals surface area contributed by atoms with Crippen LogP contribution in [-0.4, -0.2) is 25.3 Å². The molecule has 5 rings (SSSR count). The second kappa shape index (κ2) is 6.99. The van der Waals surface area contributed by atoms with Crippen LogP contribution >= 0.6 is 0 Å². The lowest BCUT2D eigenvalue weighted by Gasteiger charge is -2.16. The molecule has 7 nitrogen and oxygen atoms in total. The second-order valence-corrected chi connectivity index (χ2v) is 8.24. The molecule has 0 spiro atoms. The summed E-state index contributed by atoms with van der Waals surface area (Å²) in [5.41, 5.74) is 5.73. The monoisotopic (exact) mass is 456 g/mol. The summed E-state index contributed by atoms with van der Waals surface area (Å²) in [5, 5.41) is 2.66. The molecule has 0 saturated heterocycles. The summed E-state index contributed by atoms with van der Waals surface area (Å²) in [7, 11) is 0. The smallest absolute Gasteiger partial charge is 0.235 e. The Morgan fingerprint density at radius 2 is 1.73 bits per heavy atom. The highest BCUT2D eigenvalue weighted by Crippen LogP contribution is 2.40. The molecule has 3 N–H and O–H groups in total. The summed E-state index contributed by atoms with van der Waals surface area (Å²) in [6.07, 6.45) is 0.703. The van der Waals surface area contributed by atoms with E-state index < -0.39 is 40.7 Å². The molecule has 3 aromatic heterocycles. The number of hydrogen-bond donors (Lipinski definition) is 2. The van der Waals surface area contributed by atoms with Crippen molar-refractivity contribution in [3.8, 4) is 11.5 Å². The van der Waals surface area contributed by atoms with Crippen molar-refractivity contribution in [1.29, 1.82) is 0 Å². The number of halogens is 4. The highest BCUT2D eigenvalue weighted by molar-refractivity contribution is 6.06. The molecule has 33 heavy (non-hydrogen) atoms. The van der Waals surface area contributed by atoms with Gasteiger partial charge in [-0.05, 0) is 26.0 Å². The molecule has 0 atom stereocenters. The number of nitrogens with zero attached hydrogens (tertiary/aromatic N) is 4. The lowest BCUT2D eigenvalue weighted by molar-refractivity contribution is -0.119. The summed E-state index contributed by atoms with van der Waals surface area (Å²) in [6.45, 7) is 3.37. The zero-order chi connectivity index (χ0) is 23.7. The Hall–Kier alpha value is -4.02. The van der Waals surface area contributed by atoms with Crippen molar-refractivity contribution in [3.63, 3.8) is 0 Å². The average Bonchev–Trinajstić information content (AvgIpc) is 3.18. The van der Waals surface area contributed by atoms with Gasteiger partial charge in [-0.2, -0.15) is 0 Å². The van der Waals surface area contributed by atoms with E-state index in [0.717, 1.165) is 6.20 Å². The number of pyridine rings is 1. The first kappa shape index (κ1) is 20.9. The number of anilines is 2. The number of carbonyl (C=O) groups excluding carboxylic acids is 1. The molecule has 1 aromatic carbocycles. The number of rotatable bonds is 3. The molecular weight excluding hydrogens is 440 g/mol. The largest absolute Gasteiger partial charge is 0.383 e. The number of amides is 1. The minimum atomic E-state index is -1.09. The second-order valence-electron chi connectivity index (χ2n) is 8.24. The molecule has 1 aliphatic heterocycles. The fourth-order valence-corrected chi connectivity index (χ4v) is 3.98. The van der Waals surface area contributed by atoms with Crippen LogP contribution in [0.3, 0.4) is 0 Å². The standard InChI is InChI=1S/C22H16F4N6O/c1-22(2)16-18(27)29-20(30-19(16)31-21(22)33)17-14-4-3-9(23)8-32(14)15(28-17)7-11-12(25)5-10(24)6-13(11)26/h3-6,8H,7H2,1-2H3,(H3,27,29,30,31,33). The van der Waals surface area contributed by atoms with Crippen LogP contribution in [0.25, 0.3) is 17.0 Å². The van der Waals surface area contributed by atoms with Crippen LogP contribution in [-0.2, 0) is 16.6 Å². The number of nitrogens with two attached hydrogens (primary N) is 1. The zero-order valence-corrected chi connectivity index (χ0v) is 17.4. The summed E-state index contributed by atoms with van der Waals surface area (Å²) in [6, 6.07) is 3.72. The van der Waals surface area contributed by atoms with E-state index in [9.17, 15) is 22.4 Å². The van der Waals surface area contributed by atoms with Crippen molar-refractivity contribution >= 4 is 23.1 Å². The van der Waals surface area contributed by atoms with Crippen molar-refractivity contribution in [2.24, 2.45) is 0 Å². The van der Waals surface area contributed by atoms with E-state index in [2.05, 4.69) is 20.3 Å². The predicted octanol–water partition coefficient (Wildman–Crippen LogP) is 3.75. The number of benzene rings is 1. The molecule has 0 aliphatic carbocycles. The number of fused-ring (bicyclic) bond motifs is 2. The number of nitrogens with one attached hydrogen (secondary N) is 1. The number of imidazole rings is 1. The van der Waals surface area contributed by atoms with E-state index in [-0.39, 0.29) is 34.9 Å². The minimum Gasteiger partial charge on any atom is -0.383 e. The van der Waals surface area contributed by atoms with Crippen molar-refractivity contribution in [2.75, 3.05) is 11.1 Å². The highest BCUT2D eigenvalue weighted by Gasteiger charge is 2.42. The molecular formula is C22H16F4N6O. The Balaban J connectivity index is 1.69. The molecule has 0 fully saturated rings. The van der Waals surface area contributed by atoms with E-state index in [1.807, 2.05) is 0 Å². The molecule has 0 radical (unpaired) electrons. The summed E-state index contributed by atoms with van der Waals surface area (Å²) < 4.78 is 57.1. The van der Waals surface area contributed by atoms with Crippen LogP contribution in [0.1, 0.15) is 30.8 Å². The van der Waals surface area contributed by atoms with Gasteiger partial charge in [0.15, 0.2) is 5.82 Å². The molecule has 4 aromatic rings. The highest BCUT2D eigenvalue weighted by atomic mass is 19.1. The fraction of sp³-hybridized carbons (Fsp3) is 0.182. The van der Waals surface area contributed by atoms with E-state index in [0.29, 0.717) is 23.2 Å². The molecule has 4 heterocycles. The lowest BCUT2D eigenvalue weighted by Crippen LogP contribution is -2.27. The third-order valence-corrected chi connectivity index (χ3v) is 5.69. The number of hydrogen-bond acceptors (Lipinski definition) is 5. The molecule has 11 heteroatoms. The Kier molecular flexibility index (Phi) is 4.42. The SMILES string of the molecule is CC1(C)C(=O)Nc2nc(-c3nc(Cc4c(F)cc(F)cc4F)n4cc(F)ccc34)nc(N)c21. The van der Waals surface area contributed by atoms with Gasteiger partial charge >= 0.3 is 0 Å². The van der Waals surface area contributed by atoms with Crippen LogP contribution < -0.4 is 11.1 Å². The third-order valence-electron chi connectivity index (χ3n) is 5.69. The summed E-state index contributed by atoms with van der Waals surface area (Å²) >= 11 is 0. The summed E-state index contributed by atoms with van der Waals surface area (Å²) in [5.74, 6) is -3.75. The first-order chi connectivity index (χ1) is 15.6. The van der Waals surface area contributed by atoms with Gasteiger partial charge in [0.2, 0.25) is 5.91 Å². The Labute approximate surface area is 184 Å². The predicted molar refractivity (Wildman–Crippen MR) is 111 cm³/mol. The minimum absolute atomic E-state index is 0.0414. The van der Waals surface area contributed by atoms with Gasteiger partial charge in [-0.3, -0.25) is 9.20 Å². The first-order valence-corrected chi connectivity index (χ1v) is 9.86. The van der Waals surface area contributed by atoms with Crippen LogP contribution in [0.2, 0.25) is 0 Å². The van der Waals surface area contributed by atoms with Gasteiger partial charge in [-0.15, -0.1) is 0 Å². The Morgan fingerprint density at radius 1 is 1.03 bits per heavy atom. The molecule has 0 saturated carbocycles. The van der Waals surface area contributed by atoms with E-state index in [1.165, 1.54) is 16.5 Å². The zero-order valence-electron chi connectivity index (χ0n) is 17.4. The van der Waals surface area contributed by atoms with E-state index in [1.54, 1.807) is 13.8 Å². The van der Waals surface area contributed by atoms with Crippen molar-refractivity contribution in [3.05, 3.63) is 70.7 Å². The maximum Gasteiger partial charge on any atom is 0.235 e. The number of nitrogen functional groups attached to an aromatic ring is 1. The van der Waals surface area contributed by atoms with Crippen molar-refractivity contribution in [2.45, 2.75) is 25.7 Å². The summed E-state index contributed by atoms with van der Waals surface area (Å²) in [4.78, 5) is 25.4. The van der Waals surface area contributed by atoms with Gasteiger partial charge < -0.3 is 11.1 Å². The van der Waals surface area contributed by atoms with E-state index in [4.69, 9.17) is 5.73 Å². The molecule has 0 unspecified atom stereocenters. The topological polar surface area (TPSA) is 98.2 Å². The molecule has 1 amide bonds. The lowest BCUT2D eigenvalue weighted by atomic mass is 9.87. The van der Waals surface area contributed by atoms with E-state index >= 15 is 0 Å². The van der Waals surface area contributed by atoms with Gasteiger partial charge in [0.1, 0.15) is 46.4 Å². The fourth-order valence-electron chi connectivity index (χ4n) is 3.98. The molecule has 168 valence electrons. The number of carbonyl (C=O) groups is 1. The number of aromatic nitrogens is 4. The third kappa shape index (κ3) is 3.19. The quantitative estimate of drug-likeness (QED) is 0.458. The van der Waals surface area contributed by atoms with Crippen molar-refractivity contribution in [1.82, 2.24) is 19.4 Å². The average molecular weight is 456 g/mol. The molecule has 1 aliphatic rings. The Bertz CT molecular complexity index is 1460. The maximum atomic E-state index is 14.2. The normalized spacial score (nSPS) is 14.5. The van der Waals surface area contributed by atoms with Gasteiger partial charge in [-0.1, -0.05) is 0 Å². The maximum absolute atomic E-state index is 14.2. The first-order valence-electron chi connectivity index (χ1n) is 9.86.